The molecule has 0 amide bonds. The maximum atomic E-state index is 2.44. The van der Waals surface area contributed by atoms with Gasteiger partial charge in [-0.25, -0.2) is 0 Å². The average Bonchev–Trinajstić information content (AvgIpc) is 2.17. The molecule has 2 unspecified atom stereocenters. The van der Waals surface area contributed by atoms with Crippen molar-refractivity contribution in [3.05, 3.63) is 0 Å². The monoisotopic (exact) mass is 226 g/mol. The minimum atomic E-state index is 0.862. The molecule has 0 aromatic carbocycles. The van der Waals surface area contributed by atoms with Gasteiger partial charge < -0.3 is 0 Å². The summed E-state index contributed by atoms with van der Waals surface area (Å²) in [6.07, 6.45) is 8.44. The third kappa shape index (κ3) is 8.19. The molecule has 0 saturated carbocycles. The lowest BCUT2D eigenvalue weighted by molar-refractivity contribution is 0.316. The molecule has 0 heterocycles. The van der Waals surface area contributed by atoms with E-state index in [0.29, 0.717) is 0 Å². The summed E-state index contributed by atoms with van der Waals surface area (Å²) in [5, 5.41) is 0. The van der Waals surface area contributed by atoms with Crippen molar-refractivity contribution in [2.75, 3.05) is 0 Å². The van der Waals surface area contributed by atoms with E-state index in [1.54, 1.807) is 0 Å². The van der Waals surface area contributed by atoms with Crippen LogP contribution in [0.5, 0.6) is 0 Å². The molecule has 0 bridgehead atoms. The fourth-order valence-electron chi connectivity index (χ4n) is 2.92. The van der Waals surface area contributed by atoms with Crippen LogP contribution in [0, 0.1) is 23.7 Å². The number of rotatable bonds is 9. The standard InChI is InChI=1S/C16H34/c1-7-16(8-2)10-9-14(5)12-15(6)11-13(3)4/h13-16H,7-12H2,1-6H3. The van der Waals surface area contributed by atoms with E-state index in [1.165, 1.54) is 38.5 Å². The molecule has 0 saturated heterocycles. The molecule has 2 atom stereocenters. The molecule has 0 aromatic heterocycles. The zero-order valence-electron chi connectivity index (χ0n) is 12.6. The Hall–Kier alpha value is 0. The molecule has 0 N–H and O–H groups in total. The van der Waals surface area contributed by atoms with Crippen molar-refractivity contribution in [3.63, 3.8) is 0 Å². The van der Waals surface area contributed by atoms with Crippen LogP contribution >= 0.6 is 0 Å². The van der Waals surface area contributed by atoms with Gasteiger partial charge in [-0.15, -0.1) is 0 Å². The lowest BCUT2D eigenvalue weighted by Crippen LogP contribution is -2.08. The Labute approximate surface area is 104 Å². The first kappa shape index (κ1) is 16.0. The first-order chi connectivity index (χ1) is 7.49. The first-order valence-electron chi connectivity index (χ1n) is 7.49. The second-order valence-corrected chi connectivity index (χ2v) is 6.34. The summed E-state index contributed by atoms with van der Waals surface area (Å²) in [6, 6.07) is 0. The van der Waals surface area contributed by atoms with Crippen LogP contribution < -0.4 is 0 Å². The predicted molar refractivity (Wildman–Crippen MR) is 75.7 cm³/mol. The van der Waals surface area contributed by atoms with E-state index in [0.717, 1.165) is 23.7 Å². The van der Waals surface area contributed by atoms with Gasteiger partial charge in [0.2, 0.25) is 0 Å². The van der Waals surface area contributed by atoms with Crippen molar-refractivity contribution >= 4 is 0 Å². The summed E-state index contributed by atoms with van der Waals surface area (Å²) in [5.74, 6) is 3.68. The van der Waals surface area contributed by atoms with E-state index in [2.05, 4.69) is 41.5 Å². The van der Waals surface area contributed by atoms with Crippen LogP contribution in [0.1, 0.15) is 80.1 Å². The second-order valence-electron chi connectivity index (χ2n) is 6.34. The summed E-state index contributed by atoms with van der Waals surface area (Å²) in [4.78, 5) is 0. The Balaban J connectivity index is 3.68. The lowest BCUT2D eigenvalue weighted by Gasteiger charge is -2.20. The van der Waals surface area contributed by atoms with E-state index in [1.807, 2.05) is 0 Å². The van der Waals surface area contributed by atoms with Crippen molar-refractivity contribution in [1.82, 2.24) is 0 Å². The fraction of sp³-hybridized carbons (Fsp3) is 1.00. The van der Waals surface area contributed by atoms with E-state index < -0.39 is 0 Å². The third-order valence-corrected chi connectivity index (χ3v) is 3.90. The third-order valence-electron chi connectivity index (χ3n) is 3.90. The Morgan fingerprint density at radius 3 is 1.69 bits per heavy atom. The molecule has 0 aliphatic heterocycles. The molecule has 98 valence electrons. The van der Waals surface area contributed by atoms with Gasteiger partial charge in [-0.1, -0.05) is 67.2 Å². The molecule has 0 aliphatic carbocycles. The molecule has 0 spiro atoms. The van der Waals surface area contributed by atoms with Crippen molar-refractivity contribution in [3.8, 4) is 0 Å². The van der Waals surface area contributed by atoms with Crippen LogP contribution in [0.15, 0.2) is 0 Å². The van der Waals surface area contributed by atoms with E-state index in [9.17, 15) is 0 Å². The Morgan fingerprint density at radius 1 is 0.688 bits per heavy atom. The Kier molecular flexibility index (Phi) is 9.07. The van der Waals surface area contributed by atoms with Crippen molar-refractivity contribution < 1.29 is 0 Å². The van der Waals surface area contributed by atoms with Crippen LogP contribution in [0.4, 0.5) is 0 Å². The van der Waals surface area contributed by atoms with Crippen molar-refractivity contribution in [1.29, 1.82) is 0 Å². The first-order valence-corrected chi connectivity index (χ1v) is 7.49. The van der Waals surface area contributed by atoms with Gasteiger partial charge in [0.1, 0.15) is 0 Å². The van der Waals surface area contributed by atoms with Crippen LogP contribution in [-0.2, 0) is 0 Å². The summed E-state index contributed by atoms with van der Waals surface area (Å²) in [6.45, 7) is 14.2. The smallest absolute Gasteiger partial charge is 0.0419 e. The Morgan fingerprint density at radius 2 is 1.25 bits per heavy atom. The van der Waals surface area contributed by atoms with Gasteiger partial charge in [-0.3, -0.25) is 0 Å². The SMILES string of the molecule is CCC(CC)CCC(C)CC(C)CC(C)C. The van der Waals surface area contributed by atoms with Crippen LogP contribution in [0.2, 0.25) is 0 Å². The average molecular weight is 226 g/mol. The topological polar surface area (TPSA) is 0 Å². The zero-order chi connectivity index (χ0) is 12.6. The van der Waals surface area contributed by atoms with Gasteiger partial charge >= 0.3 is 0 Å². The summed E-state index contributed by atoms with van der Waals surface area (Å²) in [7, 11) is 0. The molecule has 16 heavy (non-hydrogen) atoms. The summed E-state index contributed by atoms with van der Waals surface area (Å²) >= 11 is 0. The van der Waals surface area contributed by atoms with Gasteiger partial charge in [0.05, 0.1) is 0 Å². The second kappa shape index (κ2) is 9.07. The largest absolute Gasteiger partial charge is 0.0651 e. The molecule has 0 rings (SSSR count). The maximum absolute atomic E-state index is 2.44. The van der Waals surface area contributed by atoms with Crippen LogP contribution in [0.3, 0.4) is 0 Å². The van der Waals surface area contributed by atoms with Crippen molar-refractivity contribution in [2.45, 2.75) is 80.1 Å². The quantitative estimate of drug-likeness (QED) is 0.458. The molecule has 0 aromatic rings. The van der Waals surface area contributed by atoms with Gasteiger partial charge in [-0.05, 0) is 36.5 Å². The minimum absolute atomic E-state index is 0.862. The predicted octanol–water partition coefficient (Wildman–Crippen LogP) is 5.91. The molecule has 0 heteroatoms. The highest BCUT2D eigenvalue weighted by Gasteiger charge is 2.12. The maximum Gasteiger partial charge on any atom is -0.0419 e. The summed E-state index contributed by atoms with van der Waals surface area (Å²) in [5.41, 5.74) is 0. The number of hydrogen-bond acceptors (Lipinski definition) is 0. The molecule has 0 aliphatic rings. The molecule has 0 fully saturated rings. The van der Waals surface area contributed by atoms with Gasteiger partial charge in [0.15, 0.2) is 0 Å². The minimum Gasteiger partial charge on any atom is -0.0651 e. The highest BCUT2D eigenvalue weighted by Crippen LogP contribution is 2.25. The van der Waals surface area contributed by atoms with Gasteiger partial charge in [0, 0.05) is 0 Å². The molecule has 0 radical (unpaired) electrons. The lowest BCUT2D eigenvalue weighted by atomic mass is 9.86. The van der Waals surface area contributed by atoms with Crippen LogP contribution in [-0.4, -0.2) is 0 Å². The molecular formula is C16H34. The van der Waals surface area contributed by atoms with E-state index in [4.69, 9.17) is 0 Å². The normalized spacial score (nSPS) is 15.8. The summed E-state index contributed by atoms with van der Waals surface area (Å²) < 4.78 is 0. The Bertz CT molecular complexity index is 144. The van der Waals surface area contributed by atoms with Crippen LogP contribution in [0.25, 0.3) is 0 Å². The number of hydrogen-bond donors (Lipinski definition) is 0. The highest BCUT2D eigenvalue weighted by molar-refractivity contribution is 4.64. The highest BCUT2D eigenvalue weighted by atomic mass is 14.2. The van der Waals surface area contributed by atoms with Gasteiger partial charge in [0.25, 0.3) is 0 Å². The van der Waals surface area contributed by atoms with E-state index >= 15 is 0 Å². The molecule has 0 nitrogen and oxygen atoms in total. The van der Waals surface area contributed by atoms with E-state index in [-0.39, 0.29) is 0 Å². The molecular weight excluding hydrogens is 192 g/mol. The van der Waals surface area contributed by atoms with Gasteiger partial charge in [-0.2, -0.15) is 0 Å². The fourth-order valence-corrected chi connectivity index (χ4v) is 2.92. The zero-order valence-corrected chi connectivity index (χ0v) is 12.6. The van der Waals surface area contributed by atoms with Crippen molar-refractivity contribution in [2.24, 2.45) is 23.7 Å².